The Labute approximate surface area is 206 Å². The predicted octanol–water partition coefficient (Wildman–Crippen LogP) is 4.44. The van der Waals surface area contributed by atoms with Crippen LogP contribution >= 0.6 is 47.8 Å². The smallest absolute Gasteiger partial charge is 0.269 e. The molecule has 31 heavy (non-hydrogen) atoms. The molecule has 4 N–H and O–H groups in total. The molecule has 0 atom stereocenters. The van der Waals surface area contributed by atoms with Gasteiger partial charge in [0, 0.05) is 13.0 Å². The zero-order chi connectivity index (χ0) is 22.8. The van der Waals surface area contributed by atoms with E-state index in [0.717, 1.165) is 36.7 Å². The number of nitrogens with one attached hydrogen (secondary N) is 1. The summed E-state index contributed by atoms with van der Waals surface area (Å²) in [5.41, 5.74) is 7.35. The van der Waals surface area contributed by atoms with Gasteiger partial charge in [-0.3, -0.25) is 4.79 Å². The molecule has 2 aromatic rings. The number of oxime groups is 1. The first kappa shape index (κ1) is 25.6. The highest BCUT2D eigenvalue weighted by molar-refractivity contribution is 9.11. The van der Waals surface area contributed by atoms with Gasteiger partial charge in [0.25, 0.3) is 5.91 Å². The minimum Gasteiger partial charge on any atom is -0.496 e. The zero-order valence-corrected chi connectivity index (χ0v) is 21.7. The van der Waals surface area contributed by atoms with Crippen LogP contribution in [0, 0.1) is 0 Å². The van der Waals surface area contributed by atoms with Crippen LogP contribution in [0.2, 0.25) is 0 Å². The molecule has 0 aliphatic carbocycles. The van der Waals surface area contributed by atoms with Crippen LogP contribution in [-0.4, -0.2) is 43.6 Å². The number of rotatable bonds is 11. The molecule has 0 saturated heterocycles. The minimum absolute atomic E-state index is 0.0306. The molecule has 7 nitrogen and oxygen atoms in total. The first-order valence-electron chi connectivity index (χ1n) is 9.52. The Morgan fingerprint density at radius 3 is 2.39 bits per heavy atom. The summed E-state index contributed by atoms with van der Waals surface area (Å²) >= 11 is 10.4. The van der Waals surface area contributed by atoms with Crippen molar-refractivity contribution < 1.29 is 19.5 Å². The van der Waals surface area contributed by atoms with E-state index in [4.69, 9.17) is 15.2 Å². The molecule has 0 aliphatic rings. The van der Waals surface area contributed by atoms with Crippen molar-refractivity contribution in [2.45, 2.75) is 19.3 Å². The van der Waals surface area contributed by atoms with E-state index in [2.05, 4.69) is 58.3 Å². The minimum atomic E-state index is -0.422. The van der Waals surface area contributed by atoms with Gasteiger partial charge in [0.1, 0.15) is 17.2 Å². The van der Waals surface area contributed by atoms with Crippen LogP contribution in [0.5, 0.6) is 11.5 Å². The number of ether oxygens (including phenoxy) is 2. The van der Waals surface area contributed by atoms with Crippen molar-refractivity contribution >= 4 is 59.4 Å². The molecule has 0 unspecified atom stereocenters. The van der Waals surface area contributed by atoms with Crippen molar-refractivity contribution in [1.82, 2.24) is 5.32 Å². The quantitative estimate of drug-likeness (QED) is 0.149. The third kappa shape index (κ3) is 7.78. The standard InChI is InChI=1S/C21H24Br3N3O4/c1-30-19-4-3-13(9-15(19)22)12-18(27-29)21(28)26-7-5-14-10-16(23)20(17(24)11-14)31-8-2-6-25/h3-4,9-11,29H,2,5-8,12,25H2,1H3,(H,26,28)/b27-18+. The molecule has 0 saturated carbocycles. The summed E-state index contributed by atoms with van der Waals surface area (Å²) in [4.78, 5) is 12.4. The van der Waals surface area contributed by atoms with Gasteiger partial charge in [-0.25, -0.2) is 0 Å². The molecular weight excluding hydrogens is 598 g/mol. The monoisotopic (exact) mass is 619 g/mol. The lowest BCUT2D eigenvalue weighted by atomic mass is 10.1. The molecule has 0 spiro atoms. The van der Waals surface area contributed by atoms with Crippen LogP contribution in [0.4, 0.5) is 0 Å². The van der Waals surface area contributed by atoms with Gasteiger partial charge in [-0.15, -0.1) is 0 Å². The molecule has 0 heterocycles. The molecule has 0 bridgehead atoms. The van der Waals surface area contributed by atoms with Gasteiger partial charge in [-0.1, -0.05) is 11.2 Å². The van der Waals surface area contributed by atoms with Gasteiger partial charge < -0.3 is 25.7 Å². The molecular formula is C21H24Br3N3O4. The highest BCUT2D eigenvalue weighted by atomic mass is 79.9. The SMILES string of the molecule is COc1ccc(C/C(=N\O)C(=O)NCCc2cc(Br)c(OCCCN)c(Br)c2)cc1Br. The third-order valence-corrected chi connectivity index (χ3v) is 6.12. The molecule has 0 fully saturated rings. The number of carbonyl (C=O) groups is 1. The van der Waals surface area contributed by atoms with Crippen LogP contribution in [0.3, 0.4) is 0 Å². The Morgan fingerprint density at radius 2 is 1.81 bits per heavy atom. The normalized spacial score (nSPS) is 11.3. The number of amides is 1. The van der Waals surface area contributed by atoms with E-state index in [0.29, 0.717) is 31.9 Å². The summed E-state index contributed by atoms with van der Waals surface area (Å²) in [6.07, 6.45) is 1.56. The van der Waals surface area contributed by atoms with Gasteiger partial charge in [0.05, 0.1) is 27.1 Å². The van der Waals surface area contributed by atoms with Gasteiger partial charge in [0.2, 0.25) is 0 Å². The Balaban J connectivity index is 1.92. The Morgan fingerprint density at radius 1 is 1.13 bits per heavy atom. The summed E-state index contributed by atoms with van der Waals surface area (Å²) in [6, 6.07) is 9.32. The van der Waals surface area contributed by atoms with Crippen molar-refractivity contribution in [3.8, 4) is 11.5 Å². The van der Waals surface area contributed by atoms with Crippen molar-refractivity contribution in [1.29, 1.82) is 0 Å². The molecule has 10 heteroatoms. The highest BCUT2D eigenvalue weighted by Gasteiger charge is 2.15. The number of nitrogens with two attached hydrogens (primary N) is 1. The van der Waals surface area contributed by atoms with Crippen molar-refractivity contribution in [2.24, 2.45) is 10.9 Å². The maximum atomic E-state index is 12.4. The second kappa shape index (κ2) is 13.0. The Bertz CT molecular complexity index is 915. The van der Waals surface area contributed by atoms with Gasteiger partial charge >= 0.3 is 0 Å². The Kier molecular flexibility index (Phi) is 10.8. The summed E-state index contributed by atoms with van der Waals surface area (Å²) in [6.45, 7) is 1.50. The fourth-order valence-corrected chi connectivity index (χ4v) is 4.85. The van der Waals surface area contributed by atoms with Crippen LogP contribution in [0.25, 0.3) is 0 Å². The lowest BCUT2D eigenvalue weighted by Gasteiger charge is -2.12. The number of halogens is 3. The first-order valence-corrected chi connectivity index (χ1v) is 11.9. The molecule has 1 amide bonds. The summed E-state index contributed by atoms with van der Waals surface area (Å²) in [5.74, 6) is 0.986. The maximum Gasteiger partial charge on any atom is 0.269 e. The van der Waals surface area contributed by atoms with Crippen LogP contribution in [-0.2, 0) is 17.6 Å². The van der Waals surface area contributed by atoms with E-state index >= 15 is 0 Å². The first-order chi connectivity index (χ1) is 14.9. The van der Waals surface area contributed by atoms with Crippen LogP contribution in [0.15, 0.2) is 48.9 Å². The highest BCUT2D eigenvalue weighted by Crippen LogP contribution is 2.35. The number of nitrogens with zero attached hydrogens (tertiary/aromatic N) is 1. The second-order valence-corrected chi connectivity index (χ2v) is 9.14. The number of hydrogen-bond acceptors (Lipinski definition) is 6. The molecule has 168 valence electrons. The van der Waals surface area contributed by atoms with E-state index in [1.54, 1.807) is 13.2 Å². The molecule has 0 aromatic heterocycles. The molecule has 0 aliphatic heterocycles. The lowest BCUT2D eigenvalue weighted by molar-refractivity contribution is -0.115. The molecule has 0 radical (unpaired) electrons. The summed E-state index contributed by atoms with van der Waals surface area (Å²) in [7, 11) is 1.58. The van der Waals surface area contributed by atoms with E-state index in [1.807, 2.05) is 24.3 Å². The van der Waals surface area contributed by atoms with Gasteiger partial charge in [-0.05, 0) is 103 Å². The Hall–Kier alpha value is -1.62. The largest absolute Gasteiger partial charge is 0.496 e. The number of carbonyl (C=O) groups excluding carboxylic acids is 1. The van der Waals surface area contributed by atoms with E-state index < -0.39 is 5.91 Å². The number of benzene rings is 2. The second-order valence-electron chi connectivity index (χ2n) is 6.58. The third-order valence-electron chi connectivity index (χ3n) is 4.32. The average molecular weight is 622 g/mol. The van der Waals surface area contributed by atoms with Crippen molar-refractivity contribution in [2.75, 3.05) is 26.8 Å². The average Bonchev–Trinajstić information content (AvgIpc) is 2.74. The van der Waals surface area contributed by atoms with Crippen molar-refractivity contribution in [3.05, 3.63) is 54.9 Å². The summed E-state index contributed by atoms with van der Waals surface area (Å²) in [5, 5.41) is 15.3. The fourth-order valence-electron chi connectivity index (χ4n) is 2.75. The number of methoxy groups -OCH3 is 1. The van der Waals surface area contributed by atoms with Crippen LogP contribution in [0.1, 0.15) is 17.5 Å². The molecule has 2 aromatic carbocycles. The van der Waals surface area contributed by atoms with Gasteiger partial charge in [-0.2, -0.15) is 0 Å². The zero-order valence-electron chi connectivity index (χ0n) is 17.0. The topological polar surface area (TPSA) is 106 Å². The van der Waals surface area contributed by atoms with Crippen LogP contribution < -0.4 is 20.5 Å². The van der Waals surface area contributed by atoms with E-state index in [-0.39, 0.29) is 12.1 Å². The maximum absolute atomic E-state index is 12.4. The molecule has 2 rings (SSSR count). The number of hydrogen-bond donors (Lipinski definition) is 3. The lowest BCUT2D eigenvalue weighted by Crippen LogP contribution is -2.33. The predicted molar refractivity (Wildman–Crippen MR) is 131 cm³/mol. The van der Waals surface area contributed by atoms with Gasteiger partial charge in [0.15, 0.2) is 0 Å². The summed E-state index contributed by atoms with van der Waals surface area (Å²) < 4.78 is 13.3. The van der Waals surface area contributed by atoms with E-state index in [9.17, 15) is 10.0 Å². The van der Waals surface area contributed by atoms with E-state index in [1.165, 1.54) is 0 Å². The van der Waals surface area contributed by atoms with Crippen molar-refractivity contribution in [3.63, 3.8) is 0 Å². The fraction of sp³-hybridized carbons (Fsp3) is 0.333.